The molecule has 2 aromatic rings. The lowest BCUT2D eigenvalue weighted by Gasteiger charge is -2.35. The summed E-state index contributed by atoms with van der Waals surface area (Å²) < 4.78 is 44.3. The van der Waals surface area contributed by atoms with E-state index >= 15 is 0 Å². The number of thioether (sulfide) groups is 1. The molecular formula is C15H18F3N5OS. The van der Waals surface area contributed by atoms with Gasteiger partial charge in [0.05, 0.1) is 12.2 Å². The zero-order valence-corrected chi connectivity index (χ0v) is 14.7. The van der Waals surface area contributed by atoms with Gasteiger partial charge >= 0.3 is 6.18 Å². The number of anilines is 1. The van der Waals surface area contributed by atoms with Gasteiger partial charge in [-0.05, 0) is 13.2 Å². The van der Waals surface area contributed by atoms with Crippen molar-refractivity contribution in [1.29, 1.82) is 0 Å². The molecule has 0 spiro atoms. The number of hydrogen-bond donors (Lipinski definition) is 0. The summed E-state index contributed by atoms with van der Waals surface area (Å²) in [6, 6.07) is 2.91. The number of aromatic nitrogens is 3. The lowest BCUT2D eigenvalue weighted by Crippen LogP contribution is -2.46. The Hall–Kier alpha value is -1.81. The predicted molar refractivity (Wildman–Crippen MR) is 87.5 cm³/mol. The van der Waals surface area contributed by atoms with Crippen molar-refractivity contribution < 1.29 is 17.7 Å². The Bertz CT molecular complexity index is 728. The van der Waals surface area contributed by atoms with Crippen LogP contribution in [0.3, 0.4) is 0 Å². The highest BCUT2D eigenvalue weighted by Gasteiger charge is 2.34. The van der Waals surface area contributed by atoms with Crippen LogP contribution in [0.1, 0.15) is 17.1 Å². The molecule has 0 aliphatic carbocycles. The van der Waals surface area contributed by atoms with E-state index < -0.39 is 11.9 Å². The molecule has 0 unspecified atom stereocenters. The topological polar surface area (TPSA) is 58.3 Å². The van der Waals surface area contributed by atoms with Crippen LogP contribution < -0.4 is 4.90 Å². The molecule has 3 rings (SSSR count). The zero-order chi connectivity index (χ0) is 18.0. The van der Waals surface area contributed by atoms with Gasteiger partial charge in [-0.15, -0.1) is 0 Å². The first-order valence-electron chi connectivity index (χ1n) is 7.75. The number of alkyl halides is 3. The average Bonchev–Trinajstić information content (AvgIpc) is 2.99. The number of aryl methyl sites for hydroxylation is 1. The van der Waals surface area contributed by atoms with Gasteiger partial charge < -0.3 is 9.42 Å². The summed E-state index contributed by atoms with van der Waals surface area (Å²) in [4.78, 5) is 11.8. The fourth-order valence-electron chi connectivity index (χ4n) is 2.66. The minimum atomic E-state index is -4.48. The van der Waals surface area contributed by atoms with Crippen LogP contribution in [0.25, 0.3) is 0 Å². The van der Waals surface area contributed by atoms with Crippen LogP contribution >= 0.6 is 11.8 Å². The van der Waals surface area contributed by atoms with Gasteiger partial charge in [-0.2, -0.15) is 13.2 Å². The van der Waals surface area contributed by atoms with Gasteiger partial charge in [-0.3, -0.25) is 4.90 Å². The van der Waals surface area contributed by atoms with Crippen molar-refractivity contribution >= 4 is 17.6 Å². The third-order valence-electron chi connectivity index (χ3n) is 3.92. The predicted octanol–water partition coefficient (Wildman–Crippen LogP) is 2.84. The number of nitrogens with zero attached hydrogens (tertiary/aromatic N) is 5. The van der Waals surface area contributed by atoms with E-state index in [1.165, 1.54) is 0 Å². The highest BCUT2D eigenvalue weighted by Crippen LogP contribution is 2.31. The van der Waals surface area contributed by atoms with Crippen molar-refractivity contribution in [2.75, 3.05) is 37.3 Å². The van der Waals surface area contributed by atoms with Gasteiger partial charge in [0.2, 0.25) is 0 Å². The Morgan fingerprint density at radius 2 is 1.88 bits per heavy atom. The molecule has 0 amide bonds. The molecule has 0 saturated carbocycles. The van der Waals surface area contributed by atoms with Crippen molar-refractivity contribution in [1.82, 2.24) is 20.0 Å². The summed E-state index contributed by atoms with van der Waals surface area (Å²) in [5, 5.41) is 3.99. The van der Waals surface area contributed by atoms with Gasteiger partial charge in [0.1, 0.15) is 5.82 Å². The molecular weight excluding hydrogens is 355 g/mol. The van der Waals surface area contributed by atoms with Crippen LogP contribution in [-0.2, 0) is 12.7 Å². The molecule has 0 bridgehead atoms. The SMILES string of the molecule is CSc1nc(N2CCN(Cc3cc(C)no3)CC2)cc(C(F)(F)F)n1. The molecule has 1 aliphatic rings. The van der Waals surface area contributed by atoms with Crippen LogP contribution in [0, 0.1) is 6.92 Å². The van der Waals surface area contributed by atoms with Crippen molar-refractivity contribution in [3.63, 3.8) is 0 Å². The van der Waals surface area contributed by atoms with Crippen molar-refractivity contribution in [2.24, 2.45) is 0 Å². The number of piperazine rings is 1. The monoisotopic (exact) mass is 373 g/mol. The quantitative estimate of drug-likeness (QED) is 0.603. The van der Waals surface area contributed by atoms with E-state index in [1.54, 1.807) is 6.26 Å². The smallest absolute Gasteiger partial charge is 0.360 e. The standard InChI is InChI=1S/C15H18F3N5OS/c1-10-7-11(24-21-10)9-22-3-5-23(6-4-22)13-8-12(15(16,17)18)19-14(20-13)25-2/h7-8H,3-6,9H2,1-2H3. The minimum absolute atomic E-state index is 0.129. The third-order valence-corrected chi connectivity index (χ3v) is 4.47. The first-order chi connectivity index (χ1) is 11.8. The Kier molecular flexibility index (Phi) is 5.19. The molecule has 3 heterocycles. The van der Waals surface area contributed by atoms with E-state index in [9.17, 15) is 13.2 Å². The van der Waals surface area contributed by atoms with Crippen molar-refractivity contribution in [3.05, 3.63) is 29.3 Å². The van der Waals surface area contributed by atoms with Crippen molar-refractivity contribution in [3.8, 4) is 0 Å². The molecule has 25 heavy (non-hydrogen) atoms. The normalized spacial score (nSPS) is 16.4. The molecule has 1 saturated heterocycles. The highest BCUT2D eigenvalue weighted by molar-refractivity contribution is 7.98. The van der Waals surface area contributed by atoms with Gasteiger partial charge in [0.15, 0.2) is 16.6 Å². The average molecular weight is 373 g/mol. The molecule has 136 valence electrons. The molecule has 0 atom stereocenters. The second-order valence-corrected chi connectivity index (χ2v) is 6.57. The molecule has 2 aromatic heterocycles. The molecule has 1 aliphatic heterocycles. The van der Waals surface area contributed by atoms with Gasteiger partial charge in [0, 0.05) is 38.3 Å². The van der Waals surface area contributed by atoms with E-state index in [0.717, 1.165) is 29.3 Å². The van der Waals surface area contributed by atoms with Gasteiger partial charge in [0.25, 0.3) is 0 Å². The minimum Gasteiger partial charge on any atom is -0.360 e. The summed E-state index contributed by atoms with van der Waals surface area (Å²) in [5.41, 5.74) is -0.0692. The van der Waals surface area contributed by atoms with E-state index in [1.807, 2.05) is 17.9 Å². The fourth-order valence-corrected chi connectivity index (χ4v) is 3.03. The number of hydrogen-bond acceptors (Lipinski definition) is 7. The Labute approximate surface area is 147 Å². The van der Waals surface area contributed by atoms with Crippen molar-refractivity contribution in [2.45, 2.75) is 24.8 Å². The number of rotatable bonds is 4. The summed E-state index contributed by atoms with van der Waals surface area (Å²) >= 11 is 1.10. The second-order valence-electron chi connectivity index (χ2n) is 5.79. The Morgan fingerprint density at radius 3 is 2.44 bits per heavy atom. The zero-order valence-electron chi connectivity index (χ0n) is 13.9. The first kappa shape index (κ1) is 18.0. The lowest BCUT2D eigenvalue weighted by molar-refractivity contribution is -0.141. The molecule has 0 radical (unpaired) electrons. The van der Waals surface area contributed by atoms with Crippen LogP contribution in [0.4, 0.5) is 19.0 Å². The van der Waals surface area contributed by atoms with Gasteiger partial charge in [-0.1, -0.05) is 16.9 Å². The maximum atomic E-state index is 13.0. The first-order valence-corrected chi connectivity index (χ1v) is 8.97. The molecule has 1 fully saturated rings. The fraction of sp³-hybridized carbons (Fsp3) is 0.533. The van der Waals surface area contributed by atoms with Crippen LogP contribution in [0.5, 0.6) is 0 Å². The van der Waals surface area contributed by atoms with Crippen LogP contribution in [-0.4, -0.2) is 52.5 Å². The summed E-state index contributed by atoms with van der Waals surface area (Å²) in [7, 11) is 0. The van der Waals surface area contributed by atoms with E-state index in [-0.39, 0.29) is 5.16 Å². The maximum Gasteiger partial charge on any atom is 0.433 e. The maximum absolute atomic E-state index is 13.0. The molecule has 6 nitrogen and oxygen atoms in total. The molecule has 0 N–H and O–H groups in total. The summed E-state index contributed by atoms with van der Waals surface area (Å²) in [6.07, 6.45) is -2.81. The van der Waals surface area contributed by atoms with Gasteiger partial charge in [-0.25, -0.2) is 9.97 Å². The summed E-state index contributed by atoms with van der Waals surface area (Å²) in [5.74, 6) is 1.11. The largest absolute Gasteiger partial charge is 0.433 e. The molecule has 0 aromatic carbocycles. The number of halogens is 3. The van der Waals surface area contributed by atoms with E-state index in [4.69, 9.17) is 4.52 Å². The van der Waals surface area contributed by atoms with Crippen LogP contribution in [0.15, 0.2) is 21.8 Å². The van der Waals surface area contributed by atoms with Crippen LogP contribution in [0.2, 0.25) is 0 Å². The highest BCUT2D eigenvalue weighted by atomic mass is 32.2. The Morgan fingerprint density at radius 1 is 1.16 bits per heavy atom. The van der Waals surface area contributed by atoms with E-state index in [0.29, 0.717) is 38.5 Å². The summed E-state index contributed by atoms with van der Waals surface area (Å²) in [6.45, 7) is 5.10. The third kappa shape index (κ3) is 4.43. The molecule has 10 heteroatoms. The lowest BCUT2D eigenvalue weighted by atomic mass is 10.2. The van der Waals surface area contributed by atoms with E-state index in [2.05, 4.69) is 20.0 Å². The second kappa shape index (κ2) is 7.20. The Balaban J connectivity index is 1.68.